The van der Waals surface area contributed by atoms with Crippen LogP contribution < -0.4 is 5.32 Å². The molecule has 0 heterocycles. The molecule has 0 atom stereocenters. The molecular formula is C17H17BrFNO. The Morgan fingerprint density at radius 2 is 1.76 bits per heavy atom. The van der Waals surface area contributed by atoms with E-state index < -0.39 is 5.82 Å². The number of carbonyl (C=O) groups is 1. The topological polar surface area (TPSA) is 29.1 Å². The highest BCUT2D eigenvalue weighted by Gasteiger charge is 2.20. The van der Waals surface area contributed by atoms with Crippen LogP contribution in [-0.4, -0.2) is 5.91 Å². The zero-order chi connectivity index (χ0) is 15.6. The Morgan fingerprint density at radius 3 is 2.43 bits per heavy atom. The predicted molar refractivity (Wildman–Crippen MR) is 87.2 cm³/mol. The van der Waals surface area contributed by atoms with Crippen LogP contribution in [0.4, 0.5) is 10.1 Å². The molecule has 1 N–H and O–H groups in total. The number of anilines is 1. The minimum Gasteiger partial charge on any atom is -0.322 e. The molecule has 0 aromatic heterocycles. The van der Waals surface area contributed by atoms with Gasteiger partial charge in [-0.1, -0.05) is 45.0 Å². The van der Waals surface area contributed by atoms with Crippen LogP contribution in [0.25, 0.3) is 0 Å². The van der Waals surface area contributed by atoms with Crippen molar-refractivity contribution < 1.29 is 9.18 Å². The SMILES string of the molecule is CC(C)(C)c1ccccc1NC(=O)c1cccc(F)c1Br. The third-order valence-electron chi connectivity index (χ3n) is 3.18. The fourth-order valence-corrected chi connectivity index (χ4v) is 2.56. The van der Waals surface area contributed by atoms with Crippen LogP contribution in [0.15, 0.2) is 46.9 Å². The summed E-state index contributed by atoms with van der Waals surface area (Å²) in [7, 11) is 0. The van der Waals surface area contributed by atoms with Gasteiger partial charge in [0.05, 0.1) is 10.0 Å². The molecule has 0 aliphatic heterocycles. The van der Waals surface area contributed by atoms with Gasteiger partial charge in [0.2, 0.25) is 0 Å². The smallest absolute Gasteiger partial charge is 0.256 e. The number of amides is 1. The summed E-state index contributed by atoms with van der Waals surface area (Å²) in [5, 5.41) is 2.87. The quantitative estimate of drug-likeness (QED) is 0.799. The highest BCUT2D eigenvalue weighted by atomic mass is 79.9. The third kappa shape index (κ3) is 3.50. The van der Waals surface area contributed by atoms with Gasteiger partial charge in [0.15, 0.2) is 0 Å². The van der Waals surface area contributed by atoms with Gasteiger partial charge in [-0.25, -0.2) is 4.39 Å². The minimum atomic E-state index is -0.452. The number of benzene rings is 2. The summed E-state index contributed by atoms with van der Waals surface area (Å²) in [6.07, 6.45) is 0. The first-order chi connectivity index (χ1) is 9.80. The normalized spacial score (nSPS) is 11.3. The molecule has 0 saturated heterocycles. The van der Waals surface area contributed by atoms with E-state index in [9.17, 15) is 9.18 Å². The first-order valence-electron chi connectivity index (χ1n) is 6.65. The van der Waals surface area contributed by atoms with Gasteiger partial charge in [-0.15, -0.1) is 0 Å². The predicted octanol–water partition coefficient (Wildman–Crippen LogP) is 5.14. The first-order valence-corrected chi connectivity index (χ1v) is 7.45. The Bertz CT molecular complexity index is 677. The van der Waals surface area contributed by atoms with Crippen molar-refractivity contribution in [1.29, 1.82) is 0 Å². The molecule has 0 fully saturated rings. The van der Waals surface area contributed by atoms with Gasteiger partial charge < -0.3 is 5.32 Å². The summed E-state index contributed by atoms with van der Waals surface area (Å²) < 4.78 is 13.7. The molecule has 0 unspecified atom stereocenters. The van der Waals surface area contributed by atoms with Gasteiger partial charge in [0.25, 0.3) is 5.91 Å². The fraction of sp³-hybridized carbons (Fsp3) is 0.235. The van der Waals surface area contributed by atoms with E-state index in [4.69, 9.17) is 0 Å². The van der Waals surface area contributed by atoms with Crippen molar-refractivity contribution in [2.75, 3.05) is 5.32 Å². The molecule has 0 bridgehead atoms. The highest BCUT2D eigenvalue weighted by Crippen LogP contribution is 2.30. The molecule has 2 nitrogen and oxygen atoms in total. The molecule has 21 heavy (non-hydrogen) atoms. The first kappa shape index (κ1) is 15.7. The summed E-state index contributed by atoms with van der Waals surface area (Å²) in [4.78, 5) is 12.4. The Hall–Kier alpha value is -1.68. The van der Waals surface area contributed by atoms with E-state index in [-0.39, 0.29) is 21.4 Å². The number of hydrogen-bond donors (Lipinski definition) is 1. The van der Waals surface area contributed by atoms with E-state index in [0.29, 0.717) is 0 Å². The maximum atomic E-state index is 13.5. The van der Waals surface area contributed by atoms with Gasteiger partial charge in [0.1, 0.15) is 5.82 Å². The van der Waals surface area contributed by atoms with Crippen LogP contribution in [-0.2, 0) is 5.41 Å². The van der Waals surface area contributed by atoms with Crippen molar-refractivity contribution in [2.24, 2.45) is 0 Å². The van der Waals surface area contributed by atoms with E-state index in [0.717, 1.165) is 11.3 Å². The van der Waals surface area contributed by atoms with Crippen LogP contribution in [0.2, 0.25) is 0 Å². The lowest BCUT2D eigenvalue weighted by atomic mass is 9.86. The summed E-state index contributed by atoms with van der Waals surface area (Å²) in [5.74, 6) is -0.787. The summed E-state index contributed by atoms with van der Waals surface area (Å²) in [6.45, 7) is 6.24. The van der Waals surface area contributed by atoms with E-state index in [1.54, 1.807) is 6.07 Å². The average molecular weight is 350 g/mol. The number of para-hydroxylation sites is 1. The lowest BCUT2D eigenvalue weighted by Crippen LogP contribution is -2.19. The monoisotopic (exact) mass is 349 g/mol. The number of halogens is 2. The van der Waals surface area contributed by atoms with Crippen molar-refractivity contribution in [3.8, 4) is 0 Å². The summed E-state index contributed by atoms with van der Waals surface area (Å²) in [5.41, 5.74) is 1.96. The van der Waals surface area contributed by atoms with E-state index in [2.05, 4.69) is 42.0 Å². The van der Waals surface area contributed by atoms with E-state index in [1.165, 1.54) is 12.1 Å². The van der Waals surface area contributed by atoms with Gasteiger partial charge in [0, 0.05) is 5.69 Å². The van der Waals surface area contributed by atoms with Crippen LogP contribution in [0.5, 0.6) is 0 Å². The van der Waals surface area contributed by atoms with Crippen LogP contribution in [0.1, 0.15) is 36.7 Å². The Balaban J connectivity index is 2.35. The Kier molecular flexibility index (Phi) is 4.47. The molecule has 0 aliphatic carbocycles. The number of carbonyl (C=O) groups excluding carboxylic acids is 1. The largest absolute Gasteiger partial charge is 0.322 e. The van der Waals surface area contributed by atoms with E-state index in [1.807, 2.05) is 24.3 Å². The van der Waals surface area contributed by atoms with Crippen LogP contribution in [0.3, 0.4) is 0 Å². The molecule has 110 valence electrons. The molecular weight excluding hydrogens is 333 g/mol. The molecule has 0 aliphatic rings. The lowest BCUT2D eigenvalue weighted by molar-refractivity contribution is 0.102. The maximum Gasteiger partial charge on any atom is 0.256 e. The lowest BCUT2D eigenvalue weighted by Gasteiger charge is -2.23. The van der Waals surface area contributed by atoms with Crippen molar-refractivity contribution in [3.63, 3.8) is 0 Å². The molecule has 0 saturated carbocycles. The molecule has 2 aromatic rings. The minimum absolute atomic E-state index is 0.0942. The van der Waals surface area contributed by atoms with Gasteiger partial charge in [-0.2, -0.15) is 0 Å². The van der Waals surface area contributed by atoms with Crippen molar-refractivity contribution in [3.05, 3.63) is 63.9 Å². The number of rotatable bonds is 2. The zero-order valence-corrected chi connectivity index (χ0v) is 13.8. The summed E-state index contributed by atoms with van der Waals surface area (Å²) >= 11 is 3.12. The van der Waals surface area contributed by atoms with Gasteiger partial charge in [-0.05, 0) is 45.1 Å². The molecule has 1 amide bonds. The van der Waals surface area contributed by atoms with Gasteiger partial charge >= 0.3 is 0 Å². The maximum absolute atomic E-state index is 13.5. The molecule has 0 spiro atoms. The van der Waals surface area contributed by atoms with Crippen molar-refractivity contribution in [1.82, 2.24) is 0 Å². The van der Waals surface area contributed by atoms with Gasteiger partial charge in [-0.3, -0.25) is 4.79 Å². The Labute approximate surface area is 132 Å². The zero-order valence-electron chi connectivity index (χ0n) is 12.2. The number of hydrogen-bond acceptors (Lipinski definition) is 1. The standard InChI is InChI=1S/C17H17BrFNO/c1-17(2,3)12-8-4-5-10-14(12)20-16(21)11-7-6-9-13(19)15(11)18/h4-10H,1-3H3,(H,20,21). The highest BCUT2D eigenvalue weighted by molar-refractivity contribution is 9.10. The Morgan fingerprint density at radius 1 is 1.10 bits per heavy atom. The summed E-state index contributed by atoms with van der Waals surface area (Å²) in [6, 6.07) is 12.1. The molecule has 4 heteroatoms. The average Bonchev–Trinajstić information content (AvgIpc) is 2.41. The van der Waals surface area contributed by atoms with E-state index >= 15 is 0 Å². The van der Waals surface area contributed by atoms with Crippen molar-refractivity contribution in [2.45, 2.75) is 26.2 Å². The molecule has 2 rings (SSSR count). The molecule has 0 radical (unpaired) electrons. The van der Waals surface area contributed by atoms with Crippen LogP contribution in [0, 0.1) is 5.82 Å². The second kappa shape index (κ2) is 5.98. The second-order valence-electron chi connectivity index (χ2n) is 5.85. The van der Waals surface area contributed by atoms with Crippen molar-refractivity contribution >= 4 is 27.5 Å². The third-order valence-corrected chi connectivity index (χ3v) is 3.99. The molecule has 2 aromatic carbocycles. The number of nitrogens with one attached hydrogen (secondary N) is 1. The van der Waals surface area contributed by atoms with Crippen LogP contribution >= 0.6 is 15.9 Å². The second-order valence-corrected chi connectivity index (χ2v) is 6.64. The fourth-order valence-electron chi connectivity index (χ4n) is 2.11.